The van der Waals surface area contributed by atoms with E-state index >= 15 is 0 Å². The number of amides is 1. The van der Waals surface area contributed by atoms with E-state index in [1.54, 1.807) is 0 Å². The van der Waals surface area contributed by atoms with Gasteiger partial charge in [-0.3, -0.25) is 4.79 Å². The average molecular weight is 333 g/mol. The Kier molecular flexibility index (Phi) is 3.19. The van der Waals surface area contributed by atoms with Crippen molar-refractivity contribution in [3.63, 3.8) is 0 Å². The number of hydrogen-bond acceptors (Lipinski definition) is 1. The molecule has 0 spiro atoms. The highest BCUT2D eigenvalue weighted by molar-refractivity contribution is 14.1. The molecule has 2 rings (SSSR count). The third-order valence-electron chi connectivity index (χ3n) is 3.05. The number of carbonyl (C=O) groups excluding carboxylic acids is 1. The van der Waals surface area contributed by atoms with E-state index in [0.717, 1.165) is 19.3 Å². The summed E-state index contributed by atoms with van der Waals surface area (Å²) in [6, 6.07) is 4.23. The van der Waals surface area contributed by atoms with Crippen LogP contribution >= 0.6 is 22.6 Å². The van der Waals surface area contributed by atoms with Gasteiger partial charge in [-0.2, -0.15) is 0 Å². The molecule has 1 saturated carbocycles. The Hall–Kier alpha value is -0.650. The zero-order valence-corrected chi connectivity index (χ0v) is 11.2. The van der Waals surface area contributed by atoms with Gasteiger partial charge in [-0.15, -0.1) is 0 Å². The van der Waals surface area contributed by atoms with Crippen molar-refractivity contribution in [2.75, 3.05) is 0 Å². The molecule has 2 nitrogen and oxygen atoms in total. The van der Waals surface area contributed by atoms with E-state index < -0.39 is 0 Å². The van der Waals surface area contributed by atoms with Crippen molar-refractivity contribution in [3.05, 3.63) is 33.1 Å². The van der Waals surface area contributed by atoms with E-state index in [1.807, 2.05) is 29.5 Å². The van der Waals surface area contributed by atoms with Gasteiger partial charge in [0.25, 0.3) is 5.91 Å². The summed E-state index contributed by atoms with van der Waals surface area (Å²) in [5.41, 5.74) is 0.490. The van der Waals surface area contributed by atoms with Crippen LogP contribution in [0.15, 0.2) is 18.2 Å². The summed E-state index contributed by atoms with van der Waals surface area (Å²) < 4.78 is 13.5. The highest BCUT2D eigenvalue weighted by Crippen LogP contribution is 2.31. The molecule has 0 unspecified atom stereocenters. The van der Waals surface area contributed by atoms with Gasteiger partial charge in [0.05, 0.1) is 5.56 Å². The molecule has 1 aliphatic rings. The van der Waals surface area contributed by atoms with E-state index in [0.29, 0.717) is 9.13 Å². The highest BCUT2D eigenvalue weighted by Gasteiger charge is 2.33. The number of benzene rings is 1. The first-order valence-corrected chi connectivity index (χ1v) is 6.36. The van der Waals surface area contributed by atoms with Crippen LogP contribution in [-0.2, 0) is 0 Å². The van der Waals surface area contributed by atoms with E-state index in [9.17, 15) is 9.18 Å². The molecular weight excluding hydrogens is 320 g/mol. The minimum atomic E-state index is -0.309. The predicted molar refractivity (Wildman–Crippen MR) is 68.8 cm³/mol. The highest BCUT2D eigenvalue weighted by atomic mass is 127. The minimum absolute atomic E-state index is 0.0610. The predicted octanol–water partition coefficient (Wildman–Crippen LogP) is 3.10. The molecule has 16 heavy (non-hydrogen) atoms. The summed E-state index contributed by atoms with van der Waals surface area (Å²) in [6.07, 6.45) is 3.21. The first-order chi connectivity index (χ1) is 7.50. The van der Waals surface area contributed by atoms with Gasteiger partial charge in [-0.1, -0.05) is 0 Å². The van der Waals surface area contributed by atoms with Crippen LogP contribution in [0.4, 0.5) is 4.39 Å². The molecule has 86 valence electrons. The Morgan fingerprint density at radius 2 is 2.19 bits per heavy atom. The van der Waals surface area contributed by atoms with Crippen molar-refractivity contribution in [3.8, 4) is 0 Å². The standard InChI is InChI=1S/C12H13FINO/c1-12(5-2-6-12)15-11(16)9-4-3-8(13)7-10(9)14/h3-4,7H,2,5-6H2,1H3,(H,15,16). The van der Waals surface area contributed by atoms with Crippen LogP contribution in [-0.4, -0.2) is 11.4 Å². The maximum Gasteiger partial charge on any atom is 0.252 e. The number of rotatable bonds is 2. The third kappa shape index (κ3) is 2.36. The molecular formula is C12H13FINO. The Morgan fingerprint density at radius 3 is 2.69 bits per heavy atom. The largest absolute Gasteiger partial charge is 0.347 e. The Bertz CT molecular complexity index is 429. The van der Waals surface area contributed by atoms with E-state index in [2.05, 4.69) is 5.32 Å². The molecule has 0 heterocycles. The van der Waals surface area contributed by atoms with Gasteiger partial charge in [0.15, 0.2) is 0 Å². The number of halogens is 2. The van der Waals surface area contributed by atoms with Crippen molar-refractivity contribution < 1.29 is 9.18 Å². The van der Waals surface area contributed by atoms with E-state index in [1.165, 1.54) is 18.2 Å². The molecule has 0 saturated heterocycles. The van der Waals surface area contributed by atoms with E-state index in [-0.39, 0.29) is 17.3 Å². The second kappa shape index (κ2) is 4.31. The van der Waals surface area contributed by atoms with Crippen LogP contribution in [0.1, 0.15) is 36.5 Å². The number of carbonyl (C=O) groups is 1. The van der Waals surface area contributed by atoms with Crippen molar-refractivity contribution in [1.82, 2.24) is 5.32 Å². The maximum atomic E-state index is 12.9. The Balaban J connectivity index is 2.14. The first kappa shape index (κ1) is 11.8. The summed E-state index contributed by atoms with van der Waals surface area (Å²) in [5, 5.41) is 3.00. The molecule has 1 amide bonds. The van der Waals surface area contributed by atoms with Crippen LogP contribution < -0.4 is 5.32 Å². The van der Waals surface area contributed by atoms with Gasteiger partial charge in [-0.05, 0) is 67.0 Å². The lowest BCUT2D eigenvalue weighted by atomic mass is 9.78. The molecule has 0 aliphatic heterocycles. The smallest absolute Gasteiger partial charge is 0.252 e. The van der Waals surface area contributed by atoms with Gasteiger partial charge in [-0.25, -0.2) is 4.39 Å². The van der Waals surface area contributed by atoms with Crippen LogP contribution in [0.5, 0.6) is 0 Å². The van der Waals surface area contributed by atoms with Crippen LogP contribution in [0, 0.1) is 9.39 Å². The SMILES string of the molecule is CC1(NC(=O)c2ccc(F)cc2I)CCC1. The lowest BCUT2D eigenvalue weighted by molar-refractivity contribution is 0.0849. The van der Waals surface area contributed by atoms with Crippen LogP contribution in [0.25, 0.3) is 0 Å². The van der Waals surface area contributed by atoms with Gasteiger partial charge >= 0.3 is 0 Å². The van der Waals surface area contributed by atoms with Crippen molar-refractivity contribution in [2.24, 2.45) is 0 Å². The normalized spacial score (nSPS) is 17.7. The van der Waals surface area contributed by atoms with Crippen molar-refractivity contribution >= 4 is 28.5 Å². The molecule has 1 fully saturated rings. The fourth-order valence-corrected chi connectivity index (χ4v) is 2.57. The van der Waals surface area contributed by atoms with Crippen LogP contribution in [0.2, 0.25) is 0 Å². The molecule has 0 bridgehead atoms. The molecule has 0 aromatic heterocycles. The zero-order valence-electron chi connectivity index (χ0n) is 9.02. The van der Waals surface area contributed by atoms with E-state index in [4.69, 9.17) is 0 Å². The second-order valence-corrected chi connectivity index (χ2v) is 5.65. The summed E-state index contributed by atoms with van der Waals surface area (Å²) in [6.45, 7) is 2.05. The minimum Gasteiger partial charge on any atom is -0.347 e. The van der Waals surface area contributed by atoms with Crippen LogP contribution in [0.3, 0.4) is 0 Å². The molecule has 1 aromatic rings. The zero-order chi connectivity index (χ0) is 11.8. The monoisotopic (exact) mass is 333 g/mol. The Labute approximate surface area is 108 Å². The molecule has 1 N–H and O–H groups in total. The third-order valence-corrected chi connectivity index (χ3v) is 3.94. The summed E-state index contributed by atoms with van der Waals surface area (Å²) in [5.74, 6) is -0.414. The van der Waals surface area contributed by atoms with Crippen molar-refractivity contribution in [2.45, 2.75) is 31.7 Å². The van der Waals surface area contributed by atoms with Gasteiger partial charge in [0.2, 0.25) is 0 Å². The van der Waals surface area contributed by atoms with Crippen molar-refractivity contribution in [1.29, 1.82) is 0 Å². The quantitative estimate of drug-likeness (QED) is 0.828. The Morgan fingerprint density at radius 1 is 1.50 bits per heavy atom. The summed E-state index contributed by atoms with van der Waals surface area (Å²) in [7, 11) is 0. The summed E-state index contributed by atoms with van der Waals surface area (Å²) >= 11 is 1.98. The summed E-state index contributed by atoms with van der Waals surface area (Å²) in [4.78, 5) is 11.9. The lowest BCUT2D eigenvalue weighted by Crippen LogP contribution is -2.51. The first-order valence-electron chi connectivity index (χ1n) is 5.28. The fraction of sp³-hybridized carbons (Fsp3) is 0.417. The molecule has 1 aliphatic carbocycles. The molecule has 4 heteroatoms. The van der Waals surface area contributed by atoms with Gasteiger partial charge < -0.3 is 5.32 Å². The second-order valence-electron chi connectivity index (χ2n) is 4.49. The number of hydrogen-bond donors (Lipinski definition) is 1. The topological polar surface area (TPSA) is 29.1 Å². The fourth-order valence-electron chi connectivity index (χ4n) is 1.85. The van der Waals surface area contributed by atoms with Gasteiger partial charge in [0.1, 0.15) is 5.82 Å². The molecule has 1 aromatic carbocycles. The molecule has 0 atom stereocenters. The molecule has 0 radical (unpaired) electrons. The lowest BCUT2D eigenvalue weighted by Gasteiger charge is -2.39. The maximum absolute atomic E-state index is 12.9. The average Bonchev–Trinajstić information content (AvgIpc) is 2.14. The van der Waals surface area contributed by atoms with Gasteiger partial charge in [0, 0.05) is 9.11 Å². The number of nitrogens with one attached hydrogen (secondary N) is 1.